The van der Waals surface area contributed by atoms with Gasteiger partial charge in [0.25, 0.3) is 0 Å². The van der Waals surface area contributed by atoms with E-state index in [4.69, 9.17) is 76.8 Å². The fourth-order valence-corrected chi connectivity index (χ4v) is 13.3. The first-order valence-electron chi connectivity index (χ1n) is 35.2. The third-order valence-corrected chi connectivity index (χ3v) is 20.0. The summed E-state index contributed by atoms with van der Waals surface area (Å²) in [7, 11) is -6.70. The number of hydrogen-bond acceptors (Lipinski definition) is 11. The first-order chi connectivity index (χ1) is 52.1. The van der Waals surface area contributed by atoms with Crippen molar-refractivity contribution in [3.8, 4) is 0 Å². The summed E-state index contributed by atoms with van der Waals surface area (Å²) >= 11 is 31.5. The fraction of sp³-hybridized carbons (Fsp3) is 0.513. The van der Waals surface area contributed by atoms with E-state index in [0.29, 0.717) is 59.1 Å². The molecule has 3 unspecified atom stereocenters. The number of nitrogens with zero attached hydrogens (tertiary/aromatic N) is 3. The second-order valence-electron chi connectivity index (χ2n) is 30.8. The molecule has 2 fully saturated rings. The maximum Gasteiger partial charge on any atom is 1.00 e. The summed E-state index contributed by atoms with van der Waals surface area (Å²) in [6.07, 6.45) is -16.2. The molecule has 3 radical (unpaired) electrons. The SMILES string of the molecule is CC1(C)OB(c2cc(Cl)cc(C(F)(F)F)c2)OC1(C)C.CC1CC=C(OS(=O)(=O)C(F)(F)F)N(C(=O)OC(C)(C)C)C1.CC1CC=C(c2cc(Cl)cc(C(F)(F)F)c2)N(C(=O)OC(C)(C)C)C1.CC1CCC(c2cc(Cl)cc(C(F)(F)F)c2)=NC1.C[C@@H]1CC[C@@H](c2cc(Cl)cc(C(F)(F)F)c2)NC1.FC(F)(F)c1cc(Cl)cc(Br)c1.[B].[H-].[Na+]. The Hall–Kier alpha value is -4.78. The molecule has 0 spiro atoms. The molecular weight excluding hydrogens is 1790 g/mol. The Balaban J connectivity index is 0.000000482. The van der Waals surface area contributed by atoms with E-state index < -0.39 is 122 Å². The van der Waals surface area contributed by atoms with Crippen LogP contribution in [0.3, 0.4) is 0 Å². The molecule has 13 nitrogen and oxygen atoms in total. The number of rotatable bonds is 6. The van der Waals surface area contributed by atoms with Crippen molar-refractivity contribution in [3.05, 3.63) is 183 Å². The molecule has 5 aromatic carbocycles. The number of carbonyl (C=O) groups is 2. The van der Waals surface area contributed by atoms with Crippen LogP contribution in [0.4, 0.5) is 88.6 Å². The van der Waals surface area contributed by atoms with Crippen molar-refractivity contribution in [2.24, 2.45) is 28.7 Å². The number of aliphatic imine (C=N–C) groups is 1. The zero-order valence-electron chi connectivity index (χ0n) is 66.9. The predicted molar refractivity (Wildman–Crippen MR) is 417 cm³/mol. The zero-order chi connectivity index (χ0) is 87.7. The number of carbonyl (C=O) groups excluding carboxylic acids is 2. The van der Waals surface area contributed by atoms with E-state index in [1.807, 2.05) is 34.6 Å². The van der Waals surface area contributed by atoms with Gasteiger partial charge in [-0.1, -0.05) is 114 Å². The van der Waals surface area contributed by atoms with E-state index in [-0.39, 0.29) is 106 Å². The topological polar surface area (TPSA) is 145 Å². The number of hydrogen-bond donors (Lipinski definition) is 1. The number of piperidine rings is 1. The van der Waals surface area contributed by atoms with Crippen molar-refractivity contribution in [2.45, 2.75) is 200 Å². The van der Waals surface area contributed by atoms with E-state index in [2.05, 4.69) is 44.3 Å². The Morgan fingerprint density at radius 3 is 1.36 bits per heavy atom. The summed E-state index contributed by atoms with van der Waals surface area (Å²) in [6.45, 7) is 27.1. The average Bonchev–Trinajstić information content (AvgIpc) is 1.60. The van der Waals surface area contributed by atoms with E-state index in [1.54, 1.807) is 66.7 Å². The van der Waals surface area contributed by atoms with Crippen LogP contribution >= 0.6 is 73.9 Å². The number of nitrogens with one attached hydrogen (secondary N) is 1. The minimum absolute atomic E-state index is 0. The molecular formula is C76H86B2BrCl5F18N4NaO9S. The quantitative estimate of drug-likeness (QED) is 0.0755. The Labute approximate surface area is 727 Å². The van der Waals surface area contributed by atoms with Gasteiger partial charge in [0.05, 0.1) is 44.7 Å². The maximum absolute atomic E-state index is 13.1. The van der Waals surface area contributed by atoms with Crippen molar-refractivity contribution < 1.29 is 151 Å². The van der Waals surface area contributed by atoms with E-state index in [0.717, 1.165) is 97.1 Å². The number of allylic oxidation sites excluding steroid dienone is 2. The standard InChI is InChI=1S/C18H21ClF3NO2.C13H15BClF3O2.C13H15ClF3N.C13H13ClF3N.C12H18F3NO5S.C7H3BrClF3.B.Na.H/c1-11-5-6-15(23(10-11)16(24)25-17(2,3)4)12-7-13(18(20,21)22)9-14(19)8-12;1-11(2)12(3,4)20-14(19-11)9-5-8(13(16,17)18)6-10(15)7-9;2*1-8-2-3-12(18-7-8)9-4-10(13(15,16)17)6-11(14)5-9;1-8-5-6-9(21-22(18,19)12(13,14)15)16(7-8)10(17)20-11(2,3)4;8-5-1-4(7(10,11)12)2-6(9)3-5;;;/h6-9,11H,5,10H2,1-4H3;5-7H,1-4H3;4-6,8,12,18H,2-3,7H2,1H3;4-6,8H,2-3,7H2,1H3;6,8H,5,7H2,1-4H3;1-3H;;;/q;;;;;;;+1;-1/t;;8-,12+;;;;;;/m..1....../s1. The molecule has 41 heteroatoms. The third kappa shape index (κ3) is 33.8. The molecule has 5 heterocycles. The summed E-state index contributed by atoms with van der Waals surface area (Å²) in [5, 5.41) is 3.54. The van der Waals surface area contributed by atoms with Gasteiger partial charge in [-0.3, -0.25) is 9.89 Å². The minimum Gasteiger partial charge on any atom is -1.00 e. The normalized spacial score (nSPS) is 19.8. The molecule has 2 saturated heterocycles. The average molecular weight is 1880 g/mol. The van der Waals surface area contributed by atoms with E-state index in [9.17, 15) is 97.0 Å². The predicted octanol–water partition coefficient (Wildman–Crippen LogP) is 22.5. The first-order valence-corrected chi connectivity index (χ1v) is 39.3. The van der Waals surface area contributed by atoms with Gasteiger partial charge in [-0.05, 0) is 246 Å². The number of ether oxygens (including phenoxy) is 2. The Kier molecular flexibility index (Phi) is 38.3. The maximum atomic E-state index is 13.1. The van der Waals surface area contributed by atoms with Gasteiger partial charge in [-0.2, -0.15) is 87.4 Å². The van der Waals surface area contributed by atoms with E-state index in [1.165, 1.54) is 29.2 Å². The van der Waals surface area contributed by atoms with E-state index >= 15 is 0 Å². The largest absolute Gasteiger partial charge is 1.00 e. The van der Waals surface area contributed by atoms with Crippen molar-refractivity contribution >= 4 is 129 Å². The summed E-state index contributed by atoms with van der Waals surface area (Å²) in [6, 6.07) is 17.2. The van der Waals surface area contributed by atoms with Gasteiger partial charge in [-0.25, -0.2) is 14.5 Å². The van der Waals surface area contributed by atoms with Gasteiger partial charge in [0.2, 0.25) is 5.88 Å². The summed E-state index contributed by atoms with van der Waals surface area (Å²) in [4.78, 5) is 31.0. The van der Waals surface area contributed by atoms with Crippen molar-refractivity contribution in [1.29, 1.82) is 0 Å². The molecule has 645 valence electrons. The molecule has 0 bridgehead atoms. The van der Waals surface area contributed by atoms with Crippen LogP contribution in [-0.4, -0.2) is 106 Å². The van der Waals surface area contributed by atoms with Crippen LogP contribution < -0.4 is 40.3 Å². The smallest absolute Gasteiger partial charge is 1.00 e. The van der Waals surface area contributed by atoms with Gasteiger partial charge in [-0.15, -0.1) is 0 Å². The van der Waals surface area contributed by atoms with Crippen LogP contribution in [-0.2, 0) is 64.0 Å². The number of halogens is 24. The summed E-state index contributed by atoms with van der Waals surface area (Å²) in [5.41, 5.74) is -9.44. The van der Waals surface area contributed by atoms with Crippen molar-refractivity contribution in [1.82, 2.24) is 15.1 Å². The van der Waals surface area contributed by atoms with Crippen LogP contribution in [0.15, 0.2) is 118 Å². The Morgan fingerprint density at radius 2 is 0.932 bits per heavy atom. The van der Waals surface area contributed by atoms with Crippen molar-refractivity contribution in [2.75, 3.05) is 26.2 Å². The second-order valence-corrected chi connectivity index (χ2v) is 35.4. The molecule has 0 saturated carbocycles. The van der Waals surface area contributed by atoms with Crippen LogP contribution in [0.2, 0.25) is 25.1 Å². The van der Waals surface area contributed by atoms with Crippen LogP contribution in [0.5, 0.6) is 0 Å². The molecule has 0 aliphatic carbocycles. The Bertz CT molecular complexity index is 4390. The van der Waals surface area contributed by atoms with Gasteiger partial charge >= 0.3 is 95.4 Å². The fourth-order valence-electron chi connectivity index (χ4n) is 11.0. The summed E-state index contributed by atoms with van der Waals surface area (Å²) in [5.74, 6) is 0.480. The molecule has 5 aromatic rings. The molecule has 2 amide bonds. The molecule has 10 rings (SSSR count). The monoisotopic (exact) mass is 1870 g/mol. The molecule has 1 N–H and O–H groups in total. The number of amides is 2. The van der Waals surface area contributed by atoms with Gasteiger partial charge in [0.1, 0.15) is 11.2 Å². The van der Waals surface area contributed by atoms with Gasteiger partial charge < -0.3 is 29.7 Å². The molecule has 5 aliphatic heterocycles. The summed E-state index contributed by atoms with van der Waals surface area (Å²) < 4.78 is 276. The molecule has 5 aliphatic rings. The van der Waals surface area contributed by atoms with Crippen molar-refractivity contribution in [3.63, 3.8) is 0 Å². The zero-order valence-corrected chi connectivity index (χ0v) is 74.1. The molecule has 5 atom stereocenters. The van der Waals surface area contributed by atoms with Gasteiger partial charge in [0, 0.05) is 75.0 Å². The first kappa shape index (κ1) is 106. The van der Waals surface area contributed by atoms with Crippen LogP contribution in [0, 0.1) is 23.7 Å². The minimum atomic E-state index is -5.84. The van der Waals surface area contributed by atoms with Crippen LogP contribution in [0.1, 0.15) is 187 Å². The third-order valence-electron chi connectivity index (χ3n) is 17.5. The van der Waals surface area contributed by atoms with Crippen LogP contribution in [0.25, 0.3) is 5.70 Å². The van der Waals surface area contributed by atoms with Gasteiger partial charge in [0.15, 0.2) is 0 Å². The number of benzene rings is 5. The molecule has 0 aromatic heterocycles. The second kappa shape index (κ2) is 42.1. The molecule has 117 heavy (non-hydrogen) atoms. The Morgan fingerprint density at radius 1 is 0.530 bits per heavy atom. The number of alkyl halides is 18.